The molecule has 4 nitrogen and oxygen atoms in total. The highest BCUT2D eigenvalue weighted by Gasteiger charge is 2.19. The van der Waals surface area contributed by atoms with Crippen molar-refractivity contribution in [3.63, 3.8) is 0 Å². The van der Waals surface area contributed by atoms with E-state index in [9.17, 15) is 9.90 Å². The molecule has 0 fully saturated rings. The minimum Gasteiger partial charge on any atom is -0.494 e. The Morgan fingerprint density at radius 3 is 2.50 bits per heavy atom. The molecule has 0 aliphatic heterocycles. The van der Waals surface area contributed by atoms with Crippen molar-refractivity contribution in [3.05, 3.63) is 8.83 Å². The first kappa shape index (κ1) is 13.2. The number of nitrogens with zero attached hydrogens (tertiary/aromatic N) is 1. The first-order valence-corrected chi connectivity index (χ1v) is 6.06. The minimum absolute atomic E-state index is 0.00711. The molecule has 1 aromatic heterocycles. The van der Waals surface area contributed by atoms with Crippen molar-refractivity contribution < 1.29 is 15.0 Å². The first-order chi connectivity index (χ1) is 7.20. The zero-order valence-electron chi connectivity index (χ0n) is 9.48. The van der Waals surface area contributed by atoms with Gasteiger partial charge in [-0.15, -0.1) is 11.3 Å². The lowest BCUT2D eigenvalue weighted by Gasteiger charge is -2.16. The van der Waals surface area contributed by atoms with Crippen LogP contribution in [0.15, 0.2) is 0 Å². The van der Waals surface area contributed by atoms with E-state index in [0.717, 1.165) is 4.88 Å². The lowest BCUT2D eigenvalue weighted by Crippen LogP contribution is -2.10. The Morgan fingerprint density at radius 1 is 1.50 bits per heavy atom. The molecule has 90 valence electrons. The van der Waals surface area contributed by atoms with Gasteiger partial charge in [-0.1, -0.05) is 20.8 Å². The van der Waals surface area contributed by atoms with E-state index in [-0.39, 0.29) is 17.8 Å². The summed E-state index contributed by atoms with van der Waals surface area (Å²) < 4.78 is 1.66. The van der Waals surface area contributed by atoms with Crippen LogP contribution in [0.5, 0.6) is 5.88 Å². The van der Waals surface area contributed by atoms with Gasteiger partial charge < -0.3 is 10.2 Å². The van der Waals surface area contributed by atoms with Gasteiger partial charge in [-0.3, -0.25) is 9.36 Å². The monoisotopic (exact) mass is 261 g/mol. The summed E-state index contributed by atoms with van der Waals surface area (Å²) in [6.45, 7) is 5.87. The molecular formula is C10H15NO3S2. The summed E-state index contributed by atoms with van der Waals surface area (Å²) in [6, 6.07) is 0. The number of thiazole rings is 1. The Hall–Kier alpha value is -0.880. The van der Waals surface area contributed by atoms with Crippen molar-refractivity contribution >= 4 is 29.5 Å². The van der Waals surface area contributed by atoms with Crippen molar-refractivity contribution in [1.29, 1.82) is 0 Å². The van der Waals surface area contributed by atoms with E-state index in [1.54, 1.807) is 0 Å². The molecule has 0 aromatic carbocycles. The van der Waals surface area contributed by atoms with Crippen LogP contribution in [0.3, 0.4) is 0 Å². The average Bonchev–Trinajstić information content (AvgIpc) is 2.29. The van der Waals surface area contributed by atoms with Crippen molar-refractivity contribution in [2.24, 2.45) is 5.41 Å². The average molecular weight is 261 g/mol. The van der Waals surface area contributed by atoms with E-state index in [2.05, 4.69) is 20.8 Å². The molecule has 0 saturated carbocycles. The molecule has 1 aromatic rings. The zero-order valence-corrected chi connectivity index (χ0v) is 11.1. The normalized spacial score (nSPS) is 11.7. The zero-order chi connectivity index (χ0) is 12.5. The number of carboxylic acid groups (broad SMARTS) is 1. The summed E-state index contributed by atoms with van der Waals surface area (Å²) in [7, 11) is 0. The molecule has 0 bridgehead atoms. The molecule has 16 heavy (non-hydrogen) atoms. The maximum absolute atomic E-state index is 10.6. The van der Waals surface area contributed by atoms with Gasteiger partial charge >= 0.3 is 5.97 Å². The van der Waals surface area contributed by atoms with Crippen LogP contribution in [0.4, 0.5) is 0 Å². The van der Waals surface area contributed by atoms with Crippen LogP contribution in [-0.4, -0.2) is 20.7 Å². The fourth-order valence-electron chi connectivity index (χ4n) is 1.31. The van der Waals surface area contributed by atoms with Gasteiger partial charge in [0.15, 0.2) is 3.95 Å². The molecule has 0 saturated heterocycles. The maximum atomic E-state index is 10.6. The highest BCUT2D eigenvalue weighted by Crippen LogP contribution is 2.32. The predicted molar refractivity (Wildman–Crippen MR) is 65.6 cm³/mol. The summed E-state index contributed by atoms with van der Waals surface area (Å²) in [4.78, 5) is 11.3. The standard InChI is InChI=1S/C10H15NO3S2/c1-10(2,3)4-6-8(14)11(5-7(12)13)9(15)16-6/h14H,4-5H2,1-3H3,(H,12,13). The Morgan fingerprint density at radius 2 is 2.06 bits per heavy atom. The van der Waals surface area contributed by atoms with Crippen LogP contribution in [0.2, 0.25) is 0 Å². The van der Waals surface area contributed by atoms with E-state index < -0.39 is 5.97 Å². The van der Waals surface area contributed by atoms with E-state index in [1.807, 2.05) is 0 Å². The molecule has 0 radical (unpaired) electrons. The van der Waals surface area contributed by atoms with Crippen LogP contribution in [0.25, 0.3) is 0 Å². The third-order valence-corrected chi connectivity index (χ3v) is 3.36. The molecule has 0 spiro atoms. The number of hydrogen-bond acceptors (Lipinski definition) is 4. The molecule has 1 heterocycles. The van der Waals surface area contributed by atoms with Gasteiger partial charge in [0.2, 0.25) is 5.88 Å². The van der Waals surface area contributed by atoms with Crippen LogP contribution in [0, 0.1) is 9.37 Å². The first-order valence-electron chi connectivity index (χ1n) is 4.84. The van der Waals surface area contributed by atoms with Crippen LogP contribution < -0.4 is 0 Å². The summed E-state index contributed by atoms with van der Waals surface area (Å²) in [5.74, 6) is -1.01. The van der Waals surface area contributed by atoms with E-state index in [0.29, 0.717) is 10.4 Å². The predicted octanol–water partition coefficient (Wildman–Crippen LogP) is 2.66. The molecular weight excluding hydrogens is 246 g/mol. The Kier molecular flexibility index (Phi) is 3.75. The highest BCUT2D eigenvalue weighted by molar-refractivity contribution is 7.73. The quantitative estimate of drug-likeness (QED) is 0.821. The van der Waals surface area contributed by atoms with Gasteiger partial charge in [0.05, 0.1) is 4.88 Å². The Balaban J connectivity index is 3.07. The number of aromatic hydroxyl groups is 1. The number of carbonyl (C=O) groups is 1. The summed E-state index contributed by atoms with van der Waals surface area (Å²) >= 11 is 6.30. The lowest BCUT2D eigenvalue weighted by molar-refractivity contribution is -0.137. The fourth-order valence-corrected chi connectivity index (χ4v) is 2.95. The number of carboxylic acids is 1. The van der Waals surface area contributed by atoms with Crippen molar-refractivity contribution in [1.82, 2.24) is 4.57 Å². The second-order valence-electron chi connectivity index (χ2n) is 4.83. The number of aromatic nitrogens is 1. The molecule has 0 amide bonds. The second kappa shape index (κ2) is 4.55. The smallest absolute Gasteiger partial charge is 0.323 e. The molecule has 1 rings (SSSR count). The third-order valence-electron chi connectivity index (χ3n) is 1.92. The maximum Gasteiger partial charge on any atom is 0.323 e. The lowest BCUT2D eigenvalue weighted by atomic mass is 9.92. The Bertz CT molecular complexity index is 454. The SMILES string of the molecule is CC(C)(C)Cc1sc(=S)n(CC(=O)O)c1O. The number of rotatable bonds is 3. The van der Waals surface area contributed by atoms with Gasteiger partial charge in [0.25, 0.3) is 0 Å². The van der Waals surface area contributed by atoms with Gasteiger partial charge in [-0.25, -0.2) is 0 Å². The summed E-state index contributed by atoms with van der Waals surface area (Å²) in [5.41, 5.74) is 0.0329. The van der Waals surface area contributed by atoms with E-state index in [1.165, 1.54) is 15.9 Å². The van der Waals surface area contributed by atoms with Crippen molar-refractivity contribution in [2.75, 3.05) is 0 Å². The van der Waals surface area contributed by atoms with Gasteiger partial charge in [0.1, 0.15) is 6.54 Å². The summed E-state index contributed by atoms with van der Waals surface area (Å²) in [6.07, 6.45) is 0.680. The summed E-state index contributed by atoms with van der Waals surface area (Å²) in [5, 5.41) is 18.5. The molecule has 0 unspecified atom stereocenters. The largest absolute Gasteiger partial charge is 0.494 e. The number of hydrogen-bond donors (Lipinski definition) is 2. The molecule has 2 N–H and O–H groups in total. The van der Waals surface area contributed by atoms with Crippen molar-refractivity contribution in [3.8, 4) is 5.88 Å². The van der Waals surface area contributed by atoms with Gasteiger partial charge in [0, 0.05) is 0 Å². The molecule has 0 aliphatic rings. The fraction of sp³-hybridized carbons (Fsp3) is 0.600. The third kappa shape index (κ3) is 3.31. The molecule has 0 aliphatic carbocycles. The van der Waals surface area contributed by atoms with Crippen LogP contribution >= 0.6 is 23.6 Å². The minimum atomic E-state index is -1.01. The van der Waals surface area contributed by atoms with E-state index in [4.69, 9.17) is 17.3 Å². The second-order valence-corrected chi connectivity index (χ2v) is 6.56. The Labute approximate surface area is 103 Å². The highest BCUT2D eigenvalue weighted by atomic mass is 32.1. The number of aliphatic carboxylic acids is 1. The van der Waals surface area contributed by atoms with Crippen molar-refractivity contribution in [2.45, 2.75) is 33.7 Å². The van der Waals surface area contributed by atoms with Gasteiger partial charge in [-0.05, 0) is 24.1 Å². The van der Waals surface area contributed by atoms with Gasteiger partial charge in [-0.2, -0.15) is 0 Å². The molecule has 6 heteroatoms. The van der Waals surface area contributed by atoms with Crippen LogP contribution in [0.1, 0.15) is 25.6 Å². The molecule has 0 atom stereocenters. The topological polar surface area (TPSA) is 62.5 Å². The van der Waals surface area contributed by atoms with E-state index >= 15 is 0 Å². The van der Waals surface area contributed by atoms with Crippen LogP contribution in [-0.2, 0) is 17.8 Å².